The molecule has 0 aromatic heterocycles. The van der Waals surface area contributed by atoms with Crippen molar-refractivity contribution in [2.24, 2.45) is 0 Å². The molecule has 3 N–H and O–H groups in total. The predicted molar refractivity (Wildman–Crippen MR) is 50.0 cm³/mol. The number of aryl methyl sites for hydroxylation is 1. The monoisotopic (exact) mass is 180 g/mol. The van der Waals surface area contributed by atoms with Gasteiger partial charge in [-0.15, -0.1) is 6.58 Å². The lowest BCUT2D eigenvalue weighted by atomic mass is 10.1. The van der Waals surface area contributed by atoms with Crippen molar-refractivity contribution in [3.05, 3.63) is 30.4 Å². The van der Waals surface area contributed by atoms with E-state index >= 15 is 0 Å². The van der Waals surface area contributed by atoms with Crippen LogP contribution in [-0.4, -0.2) is 15.3 Å². The molecule has 0 bridgehead atoms. The molecule has 0 atom stereocenters. The first-order valence-electron chi connectivity index (χ1n) is 4.00. The topological polar surface area (TPSA) is 60.7 Å². The smallest absolute Gasteiger partial charge is 0.200 e. The van der Waals surface area contributed by atoms with Gasteiger partial charge in [0.1, 0.15) is 0 Å². The van der Waals surface area contributed by atoms with Gasteiger partial charge in [0, 0.05) is 0 Å². The Morgan fingerprint density at radius 3 is 2.15 bits per heavy atom. The van der Waals surface area contributed by atoms with E-state index in [2.05, 4.69) is 6.58 Å². The SMILES string of the molecule is C=CCCc1cc(O)c(O)c(O)c1. The highest BCUT2D eigenvalue weighted by molar-refractivity contribution is 5.51. The Hall–Kier alpha value is -1.64. The first-order valence-corrected chi connectivity index (χ1v) is 4.00. The van der Waals surface area contributed by atoms with Crippen LogP contribution in [0, 0.1) is 0 Å². The molecule has 3 heteroatoms. The highest BCUT2D eigenvalue weighted by Crippen LogP contribution is 2.35. The molecule has 0 radical (unpaired) electrons. The third kappa shape index (κ3) is 2.15. The van der Waals surface area contributed by atoms with Crippen LogP contribution in [0.1, 0.15) is 12.0 Å². The van der Waals surface area contributed by atoms with Crippen LogP contribution in [0.2, 0.25) is 0 Å². The molecule has 0 saturated heterocycles. The fourth-order valence-corrected chi connectivity index (χ4v) is 1.07. The minimum absolute atomic E-state index is 0.293. The summed E-state index contributed by atoms with van der Waals surface area (Å²) in [6, 6.07) is 2.86. The quantitative estimate of drug-likeness (QED) is 0.492. The molecule has 0 amide bonds. The van der Waals surface area contributed by atoms with E-state index in [1.54, 1.807) is 6.08 Å². The number of phenolic OH excluding ortho intramolecular Hbond substituents is 3. The molecule has 0 unspecified atom stereocenters. The maximum Gasteiger partial charge on any atom is 0.200 e. The summed E-state index contributed by atoms with van der Waals surface area (Å²) in [4.78, 5) is 0. The minimum atomic E-state index is -0.470. The van der Waals surface area contributed by atoms with Crippen molar-refractivity contribution in [2.45, 2.75) is 12.8 Å². The highest BCUT2D eigenvalue weighted by atomic mass is 16.3. The van der Waals surface area contributed by atoms with E-state index in [0.29, 0.717) is 6.42 Å². The molecule has 70 valence electrons. The molecule has 13 heavy (non-hydrogen) atoms. The summed E-state index contributed by atoms with van der Waals surface area (Å²) in [6.07, 6.45) is 3.20. The average molecular weight is 180 g/mol. The molecule has 0 heterocycles. The van der Waals surface area contributed by atoms with Crippen LogP contribution >= 0.6 is 0 Å². The van der Waals surface area contributed by atoms with E-state index in [1.807, 2.05) is 0 Å². The van der Waals surface area contributed by atoms with Gasteiger partial charge in [-0.05, 0) is 30.5 Å². The number of allylic oxidation sites excluding steroid dienone is 1. The van der Waals surface area contributed by atoms with E-state index in [0.717, 1.165) is 12.0 Å². The molecule has 0 aliphatic heterocycles. The zero-order valence-corrected chi connectivity index (χ0v) is 7.20. The van der Waals surface area contributed by atoms with Crippen molar-refractivity contribution in [3.63, 3.8) is 0 Å². The Labute approximate surface area is 76.6 Å². The molecule has 1 rings (SSSR count). The van der Waals surface area contributed by atoms with Gasteiger partial charge in [0.15, 0.2) is 17.2 Å². The molecule has 1 aromatic rings. The van der Waals surface area contributed by atoms with E-state index in [4.69, 9.17) is 15.3 Å². The lowest BCUT2D eigenvalue weighted by Gasteiger charge is -2.04. The second-order valence-corrected chi connectivity index (χ2v) is 2.81. The standard InChI is InChI=1S/C10H12O3/c1-2-3-4-7-5-8(11)10(13)9(12)6-7/h2,5-6,11-13H,1,3-4H2. The summed E-state index contributed by atoms with van der Waals surface area (Å²) in [5.74, 6) is -1.06. The molecule has 3 nitrogen and oxygen atoms in total. The van der Waals surface area contributed by atoms with E-state index in [-0.39, 0.29) is 11.5 Å². The van der Waals surface area contributed by atoms with Gasteiger partial charge < -0.3 is 15.3 Å². The third-order valence-corrected chi connectivity index (χ3v) is 1.77. The van der Waals surface area contributed by atoms with Gasteiger partial charge >= 0.3 is 0 Å². The van der Waals surface area contributed by atoms with Crippen LogP contribution in [0.5, 0.6) is 17.2 Å². The fourth-order valence-electron chi connectivity index (χ4n) is 1.07. The van der Waals surface area contributed by atoms with Crippen LogP contribution in [0.15, 0.2) is 24.8 Å². The largest absolute Gasteiger partial charge is 0.504 e. The summed E-state index contributed by atoms with van der Waals surface area (Å²) < 4.78 is 0. The van der Waals surface area contributed by atoms with Gasteiger partial charge in [0.25, 0.3) is 0 Å². The van der Waals surface area contributed by atoms with Crippen molar-refractivity contribution in [3.8, 4) is 17.2 Å². The van der Waals surface area contributed by atoms with Gasteiger partial charge in [-0.1, -0.05) is 6.08 Å². The maximum atomic E-state index is 9.14. The number of benzene rings is 1. The fraction of sp³-hybridized carbons (Fsp3) is 0.200. The number of hydrogen-bond donors (Lipinski definition) is 3. The molecule has 0 fully saturated rings. The number of hydrogen-bond acceptors (Lipinski definition) is 3. The van der Waals surface area contributed by atoms with Crippen LogP contribution in [0.3, 0.4) is 0 Å². The van der Waals surface area contributed by atoms with Gasteiger partial charge in [-0.3, -0.25) is 0 Å². The lowest BCUT2D eigenvalue weighted by Crippen LogP contribution is -1.83. The molecule has 0 spiro atoms. The summed E-state index contributed by atoms with van der Waals surface area (Å²) in [5, 5.41) is 27.3. The Kier molecular flexibility index (Phi) is 2.80. The zero-order chi connectivity index (χ0) is 9.84. The van der Waals surface area contributed by atoms with Gasteiger partial charge in [-0.2, -0.15) is 0 Å². The van der Waals surface area contributed by atoms with Crippen molar-refractivity contribution in [1.82, 2.24) is 0 Å². The Morgan fingerprint density at radius 1 is 1.15 bits per heavy atom. The molecule has 1 aromatic carbocycles. The van der Waals surface area contributed by atoms with E-state index in [1.165, 1.54) is 12.1 Å². The number of phenols is 3. The van der Waals surface area contributed by atoms with Crippen molar-refractivity contribution < 1.29 is 15.3 Å². The van der Waals surface area contributed by atoms with Crippen LogP contribution < -0.4 is 0 Å². The van der Waals surface area contributed by atoms with Crippen molar-refractivity contribution >= 4 is 0 Å². The highest BCUT2D eigenvalue weighted by Gasteiger charge is 2.06. The minimum Gasteiger partial charge on any atom is -0.504 e. The van der Waals surface area contributed by atoms with Gasteiger partial charge in [0.2, 0.25) is 0 Å². The Morgan fingerprint density at radius 2 is 1.69 bits per heavy atom. The predicted octanol–water partition coefficient (Wildman–Crippen LogP) is 1.92. The van der Waals surface area contributed by atoms with Gasteiger partial charge in [-0.25, -0.2) is 0 Å². The van der Waals surface area contributed by atoms with Crippen LogP contribution in [0.4, 0.5) is 0 Å². The number of rotatable bonds is 3. The normalized spacial score (nSPS) is 9.85. The number of aromatic hydroxyl groups is 3. The zero-order valence-electron chi connectivity index (χ0n) is 7.20. The molecule has 0 saturated carbocycles. The van der Waals surface area contributed by atoms with Crippen molar-refractivity contribution in [1.29, 1.82) is 0 Å². The third-order valence-electron chi connectivity index (χ3n) is 1.77. The van der Waals surface area contributed by atoms with Gasteiger partial charge in [0.05, 0.1) is 0 Å². The molecule has 0 aliphatic carbocycles. The first kappa shape index (κ1) is 9.45. The maximum absolute atomic E-state index is 9.14. The summed E-state index contributed by atoms with van der Waals surface area (Å²) in [7, 11) is 0. The summed E-state index contributed by atoms with van der Waals surface area (Å²) >= 11 is 0. The summed E-state index contributed by atoms with van der Waals surface area (Å²) in [5.41, 5.74) is 0.771. The molecular weight excluding hydrogens is 168 g/mol. The summed E-state index contributed by atoms with van der Waals surface area (Å²) in [6.45, 7) is 3.56. The molecule has 0 aliphatic rings. The lowest BCUT2D eigenvalue weighted by molar-refractivity contribution is 0.367. The second kappa shape index (κ2) is 3.85. The molecular formula is C10H12O3. The Bertz CT molecular complexity index is 295. The van der Waals surface area contributed by atoms with Crippen molar-refractivity contribution in [2.75, 3.05) is 0 Å². The first-order chi connectivity index (χ1) is 6.15. The van der Waals surface area contributed by atoms with E-state index in [9.17, 15) is 0 Å². The Balaban J connectivity index is 2.92. The van der Waals surface area contributed by atoms with E-state index < -0.39 is 5.75 Å². The second-order valence-electron chi connectivity index (χ2n) is 2.81. The average Bonchev–Trinajstić information content (AvgIpc) is 2.10. The van der Waals surface area contributed by atoms with Crippen LogP contribution in [0.25, 0.3) is 0 Å². The van der Waals surface area contributed by atoms with Crippen LogP contribution in [-0.2, 0) is 6.42 Å².